The number of halogens is 2. The molecule has 0 radical (unpaired) electrons. The van der Waals surface area contributed by atoms with Crippen LogP contribution in [0.5, 0.6) is 5.75 Å². The summed E-state index contributed by atoms with van der Waals surface area (Å²) in [6, 6.07) is 3.26. The maximum atomic E-state index is 11.3. The van der Waals surface area contributed by atoms with E-state index in [4.69, 9.17) is 0 Å². The number of nitrogens with zero attached hydrogens (tertiary/aromatic N) is 1. The highest BCUT2D eigenvalue weighted by Crippen LogP contribution is 2.30. The fourth-order valence-corrected chi connectivity index (χ4v) is 4.66. The number of rotatable bonds is 2. The molecule has 0 spiro atoms. The number of phenolic OH excluding ortho intramolecular Hbond substituents is 1. The molecule has 1 aromatic rings. The van der Waals surface area contributed by atoms with E-state index in [-0.39, 0.29) is 23.3 Å². The van der Waals surface area contributed by atoms with Crippen LogP contribution in [0.15, 0.2) is 26.1 Å². The Balaban J connectivity index is 2.20. The Morgan fingerprint density at radius 1 is 1.39 bits per heavy atom. The van der Waals surface area contributed by atoms with Gasteiger partial charge in [-0.15, -0.1) is 0 Å². The van der Waals surface area contributed by atoms with E-state index in [0.717, 1.165) is 4.47 Å². The van der Waals surface area contributed by atoms with Gasteiger partial charge in [0.05, 0.1) is 22.0 Å². The first-order valence-corrected chi connectivity index (χ1v) is 8.70. The summed E-state index contributed by atoms with van der Waals surface area (Å²) in [5, 5.41) is 9.82. The molecular formula is C11H11Br2NO3S. The van der Waals surface area contributed by atoms with E-state index in [1.165, 1.54) is 6.21 Å². The van der Waals surface area contributed by atoms with Crippen molar-refractivity contribution in [3.63, 3.8) is 0 Å². The third-order valence-corrected chi connectivity index (χ3v) is 5.50. The van der Waals surface area contributed by atoms with Gasteiger partial charge in [-0.25, -0.2) is 8.42 Å². The highest BCUT2D eigenvalue weighted by atomic mass is 79.9. The largest absolute Gasteiger partial charge is 0.506 e. The molecule has 1 N–H and O–H groups in total. The number of aliphatic imine (C=N–C) groups is 1. The van der Waals surface area contributed by atoms with Crippen molar-refractivity contribution in [2.24, 2.45) is 4.99 Å². The number of aromatic hydroxyl groups is 1. The predicted molar refractivity (Wildman–Crippen MR) is 78.2 cm³/mol. The first kappa shape index (κ1) is 14.0. The molecule has 0 bridgehead atoms. The van der Waals surface area contributed by atoms with E-state index in [1.807, 2.05) is 0 Å². The Hall–Kier alpha value is -0.400. The van der Waals surface area contributed by atoms with Gasteiger partial charge in [0.15, 0.2) is 9.84 Å². The number of hydrogen-bond donors (Lipinski definition) is 1. The summed E-state index contributed by atoms with van der Waals surface area (Å²) in [6.07, 6.45) is 2.07. The van der Waals surface area contributed by atoms with E-state index in [2.05, 4.69) is 36.9 Å². The Kier molecular flexibility index (Phi) is 4.13. The summed E-state index contributed by atoms with van der Waals surface area (Å²) < 4.78 is 24.0. The topological polar surface area (TPSA) is 66.7 Å². The third kappa shape index (κ3) is 3.33. The molecule has 7 heteroatoms. The van der Waals surface area contributed by atoms with Gasteiger partial charge in [0.2, 0.25) is 0 Å². The van der Waals surface area contributed by atoms with Crippen molar-refractivity contribution >= 4 is 47.9 Å². The van der Waals surface area contributed by atoms with Crippen LogP contribution >= 0.6 is 31.9 Å². The summed E-state index contributed by atoms with van der Waals surface area (Å²) in [5.74, 6) is 0.394. The van der Waals surface area contributed by atoms with Crippen molar-refractivity contribution in [1.29, 1.82) is 0 Å². The first-order chi connectivity index (χ1) is 8.37. The minimum Gasteiger partial charge on any atom is -0.506 e. The second kappa shape index (κ2) is 5.30. The lowest BCUT2D eigenvalue weighted by atomic mass is 10.2. The molecule has 1 atom stereocenters. The van der Waals surface area contributed by atoms with E-state index in [9.17, 15) is 13.5 Å². The summed E-state index contributed by atoms with van der Waals surface area (Å²) in [4.78, 5) is 4.23. The van der Waals surface area contributed by atoms with Crippen LogP contribution < -0.4 is 0 Å². The van der Waals surface area contributed by atoms with Crippen molar-refractivity contribution < 1.29 is 13.5 Å². The molecule has 1 fully saturated rings. The van der Waals surface area contributed by atoms with E-state index >= 15 is 0 Å². The minimum atomic E-state index is -2.92. The minimum absolute atomic E-state index is 0.0967. The Morgan fingerprint density at radius 2 is 2.11 bits per heavy atom. The molecule has 2 rings (SSSR count). The summed E-state index contributed by atoms with van der Waals surface area (Å²) in [5.41, 5.74) is 0.556. The highest BCUT2D eigenvalue weighted by Gasteiger charge is 2.26. The van der Waals surface area contributed by atoms with E-state index < -0.39 is 9.84 Å². The second-order valence-electron chi connectivity index (χ2n) is 4.16. The zero-order valence-electron chi connectivity index (χ0n) is 9.31. The van der Waals surface area contributed by atoms with Gasteiger partial charge in [-0.2, -0.15) is 0 Å². The van der Waals surface area contributed by atoms with Crippen LogP contribution in [0.4, 0.5) is 0 Å². The Labute approximate surface area is 122 Å². The van der Waals surface area contributed by atoms with E-state index in [1.54, 1.807) is 12.1 Å². The molecule has 1 aromatic carbocycles. The van der Waals surface area contributed by atoms with Crippen LogP contribution in [0.25, 0.3) is 0 Å². The number of sulfone groups is 1. The molecular weight excluding hydrogens is 386 g/mol. The Morgan fingerprint density at radius 3 is 2.72 bits per heavy atom. The van der Waals surface area contributed by atoms with Gasteiger partial charge in [0, 0.05) is 16.3 Å². The predicted octanol–water partition coefficient (Wildman–Crippen LogP) is 2.52. The average molecular weight is 397 g/mol. The molecule has 1 aliphatic rings. The normalized spacial score (nSPS) is 22.7. The lowest BCUT2D eigenvalue weighted by Gasteiger charge is -2.04. The van der Waals surface area contributed by atoms with Crippen molar-refractivity contribution in [2.45, 2.75) is 12.5 Å². The van der Waals surface area contributed by atoms with Crippen LogP contribution in [0.2, 0.25) is 0 Å². The van der Waals surface area contributed by atoms with Crippen molar-refractivity contribution in [3.8, 4) is 5.75 Å². The maximum absolute atomic E-state index is 11.3. The molecule has 0 unspecified atom stereocenters. The van der Waals surface area contributed by atoms with Gasteiger partial charge in [0.25, 0.3) is 0 Å². The molecule has 0 saturated carbocycles. The molecule has 18 heavy (non-hydrogen) atoms. The average Bonchev–Trinajstić information content (AvgIpc) is 2.61. The van der Waals surface area contributed by atoms with Crippen molar-refractivity contribution in [2.75, 3.05) is 11.5 Å². The fourth-order valence-electron chi connectivity index (χ4n) is 1.76. The molecule has 98 valence electrons. The lowest BCUT2D eigenvalue weighted by molar-refractivity contribution is 0.471. The smallest absolute Gasteiger partial charge is 0.152 e. The maximum Gasteiger partial charge on any atom is 0.152 e. The van der Waals surface area contributed by atoms with Gasteiger partial charge >= 0.3 is 0 Å². The standard InChI is InChI=1S/C11H11Br2NO3S/c12-8-3-7(11(15)10(13)4-8)5-14-9-1-2-18(16,17)6-9/h3-5,9,15H,1-2,6H2/t9-/m0/s1. The fraction of sp³-hybridized carbons (Fsp3) is 0.364. The molecule has 1 aliphatic heterocycles. The molecule has 0 aromatic heterocycles. The molecule has 0 amide bonds. The monoisotopic (exact) mass is 395 g/mol. The summed E-state index contributed by atoms with van der Waals surface area (Å²) >= 11 is 6.55. The Bertz CT molecular complexity index is 599. The summed E-state index contributed by atoms with van der Waals surface area (Å²) in [7, 11) is -2.92. The third-order valence-electron chi connectivity index (χ3n) is 2.69. The van der Waals surface area contributed by atoms with E-state index in [0.29, 0.717) is 16.5 Å². The van der Waals surface area contributed by atoms with Gasteiger partial charge in [-0.1, -0.05) is 15.9 Å². The van der Waals surface area contributed by atoms with Crippen LogP contribution in [0.3, 0.4) is 0 Å². The SMILES string of the molecule is O=S1(=O)CC[C@H](N=Cc2cc(Br)cc(Br)c2O)C1. The van der Waals surface area contributed by atoms with Crippen LogP contribution in [0.1, 0.15) is 12.0 Å². The van der Waals surface area contributed by atoms with Crippen molar-refractivity contribution in [1.82, 2.24) is 0 Å². The highest BCUT2D eigenvalue weighted by molar-refractivity contribution is 9.11. The van der Waals surface area contributed by atoms with Crippen LogP contribution in [0, 0.1) is 0 Å². The first-order valence-electron chi connectivity index (χ1n) is 5.29. The lowest BCUT2D eigenvalue weighted by Crippen LogP contribution is -2.07. The quantitative estimate of drug-likeness (QED) is 0.781. The number of phenols is 1. The number of hydrogen-bond acceptors (Lipinski definition) is 4. The van der Waals surface area contributed by atoms with Crippen LogP contribution in [-0.4, -0.2) is 37.3 Å². The zero-order valence-corrected chi connectivity index (χ0v) is 13.3. The summed E-state index contributed by atoms with van der Waals surface area (Å²) in [6.45, 7) is 0. The van der Waals surface area contributed by atoms with Gasteiger partial charge in [-0.05, 0) is 34.5 Å². The van der Waals surface area contributed by atoms with Crippen molar-refractivity contribution in [3.05, 3.63) is 26.6 Å². The van der Waals surface area contributed by atoms with Crippen LogP contribution in [-0.2, 0) is 9.84 Å². The second-order valence-corrected chi connectivity index (χ2v) is 8.16. The molecule has 0 aliphatic carbocycles. The molecule has 4 nitrogen and oxygen atoms in total. The zero-order chi connectivity index (χ0) is 13.3. The van der Waals surface area contributed by atoms with Gasteiger partial charge in [-0.3, -0.25) is 4.99 Å². The van der Waals surface area contributed by atoms with Gasteiger partial charge < -0.3 is 5.11 Å². The molecule has 1 heterocycles. The molecule has 1 saturated heterocycles. The van der Waals surface area contributed by atoms with Gasteiger partial charge in [0.1, 0.15) is 5.75 Å². The number of benzene rings is 1.